The van der Waals surface area contributed by atoms with Gasteiger partial charge in [-0.3, -0.25) is 4.79 Å². The lowest BCUT2D eigenvalue weighted by molar-refractivity contribution is -0.274. The molecule has 1 amide bonds. The van der Waals surface area contributed by atoms with E-state index in [-0.39, 0.29) is 16.3 Å². The topological polar surface area (TPSA) is 87.6 Å². The standard InChI is InChI=1S/C18H10BrF5N2O4/c19-16-15(8-1-3-9(4-2-8)30-18(22,23)24)26-12(29-16)7-28-11-6-5-10(20)13(14(11)21)17(25)27/h1-6H,7H2,(H2,25,27). The normalized spacial score (nSPS) is 11.4. The van der Waals surface area contributed by atoms with E-state index in [1.54, 1.807) is 0 Å². The zero-order valence-corrected chi connectivity index (χ0v) is 16.2. The molecule has 0 unspecified atom stereocenters. The third-order valence-corrected chi connectivity index (χ3v) is 4.18. The molecular weight excluding hydrogens is 483 g/mol. The Labute approximate surface area is 173 Å². The maximum atomic E-state index is 14.2. The Morgan fingerprint density at radius 3 is 2.40 bits per heavy atom. The minimum absolute atomic E-state index is 0.0307. The number of rotatable bonds is 6. The predicted molar refractivity (Wildman–Crippen MR) is 95.5 cm³/mol. The van der Waals surface area contributed by atoms with Crippen LogP contribution in [0.3, 0.4) is 0 Å². The minimum Gasteiger partial charge on any atom is -0.481 e. The molecule has 2 aromatic carbocycles. The molecule has 1 aromatic heterocycles. The quantitative estimate of drug-likeness (QED) is 0.491. The van der Waals surface area contributed by atoms with Gasteiger partial charge in [-0.25, -0.2) is 13.8 Å². The van der Waals surface area contributed by atoms with Crippen LogP contribution in [-0.2, 0) is 6.61 Å². The molecule has 12 heteroatoms. The van der Waals surface area contributed by atoms with Crippen LogP contribution in [0.4, 0.5) is 22.0 Å². The van der Waals surface area contributed by atoms with Gasteiger partial charge in [-0.2, -0.15) is 0 Å². The van der Waals surface area contributed by atoms with Crippen molar-refractivity contribution in [1.82, 2.24) is 4.98 Å². The average Bonchev–Trinajstić information content (AvgIpc) is 3.01. The van der Waals surface area contributed by atoms with Gasteiger partial charge >= 0.3 is 6.36 Å². The average molecular weight is 493 g/mol. The Kier molecular flexibility index (Phi) is 5.97. The number of amides is 1. The molecule has 0 fully saturated rings. The summed E-state index contributed by atoms with van der Waals surface area (Å²) in [5.41, 5.74) is 4.64. The zero-order valence-electron chi connectivity index (χ0n) is 14.6. The number of oxazole rings is 1. The molecule has 0 radical (unpaired) electrons. The summed E-state index contributed by atoms with van der Waals surface area (Å²) in [6, 6.07) is 6.63. The van der Waals surface area contributed by atoms with Crippen LogP contribution in [0.2, 0.25) is 0 Å². The van der Waals surface area contributed by atoms with Crippen molar-refractivity contribution in [3.63, 3.8) is 0 Å². The molecule has 1 heterocycles. The molecule has 0 atom stereocenters. The van der Waals surface area contributed by atoms with E-state index in [0.717, 1.165) is 24.3 Å². The van der Waals surface area contributed by atoms with Gasteiger partial charge in [-0.1, -0.05) is 0 Å². The molecule has 0 aliphatic rings. The van der Waals surface area contributed by atoms with E-state index in [1.807, 2.05) is 0 Å². The first-order valence-corrected chi connectivity index (χ1v) is 8.76. The second kappa shape index (κ2) is 8.30. The zero-order chi connectivity index (χ0) is 22.1. The lowest BCUT2D eigenvalue weighted by atomic mass is 10.1. The fourth-order valence-corrected chi connectivity index (χ4v) is 2.91. The molecule has 6 nitrogen and oxygen atoms in total. The van der Waals surface area contributed by atoms with E-state index < -0.39 is 47.6 Å². The number of carbonyl (C=O) groups is 1. The van der Waals surface area contributed by atoms with Crippen molar-refractivity contribution in [1.29, 1.82) is 0 Å². The van der Waals surface area contributed by atoms with Crippen LogP contribution in [0, 0.1) is 11.6 Å². The van der Waals surface area contributed by atoms with Crippen LogP contribution < -0.4 is 15.2 Å². The van der Waals surface area contributed by atoms with Crippen molar-refractivity contribution in [2.45, 2.75) is 13.0 Å². The van der Waals surface area contributed by atoms with E-state index in [9.17, 15) is 26.7 Å². The Balaban J connectivity index is 1.76. The van der Waals surface area contributed by atoms with E-state index in [0.29, 0.717) is 5.56 Å². The molecule has 3 rings (SSSR count). The number of halogens is 6. The molecule has 158 valence electrons. The van der Waals surface area contributed by atoms with E-state index in [4.69, 9.17) is 14.9 Å². The van der Waals surface area contributed by atoms with Gasteiger partial charge in [0.25, 0.3) is 5.91 Å². The van der Waals surface area contributed by atoms with Gasteiger partial charge in [0.2, 0.25) is 5.89 Å². The van der Waals surface area contributed by atoms with E-state index in [1.165, 1.54) is 12.1 Å². The van der Waals surface area contributed by atoms with E-state index in [2.05, 4.69) is 25.7 Å². The first kappa shape index (κ1) is 21.6. The predicted octanol–water partition coefficient (Wildman–Crippen LogP) is 4.96. The summed E-state index contributed by atoms with van der Waals surface area (Å²) in [4.78, 5) is 15.3. The number of ether oxygens (including phenoxy) is 2. The van der Waals surface area contributed by atoms with Gasteiger partial charge in [-0.15, -0.1) is 13.2 Å². The van der Waals surface area contributed by atoms with Crippen molar-refractivity contribution in [2.24, 2.45) is 5.73 Å². The van der Waals surface area contributed by atoms with Crippen LogP contribution >= 0.6 is 15.9 Å². The Morgan fingerprint density at radius 1 is 1.13 bits per heavy atom. The summed E-state index contributed by atoms with van der Waals surface area (Å²) in [6.07, 6.45) is -4.81. The van der Waals surface area contributed by atoms with Gasteiger partial charge < -0.3 is 19.6 Å². The molecule has 30 heavy (non-hydrogen) atoms. The molecule has 3 aromatic rings. The summed E-state index contributed by atoms with van der Waals surface area (Å²) >= 11 is 3.12. The summed E-state index contributed by atoms with van der Waals surface area (Å²) in [5.74, 6) is -4.59. The number of hydrogen-bond acceptors (Lipinski definition) is 5. The van der Waals surface area contributed by atoms with Gasteiger partial charge in [0, 0.05) is 5.56 Å². The monoisotopic (exact) mass is 492 g/mol. The number of alkyl halides is 3. The third-order valence-electron chi connectivity index (χ3n) is 3.64. The third kappa shape index (κ3) is 4.87. The first-order chi connectivity index (χ1) is 14.0. The molecule has 2 N–H and O–H groups in total. The van der Waals surface area contributed by atoms with Crippen LogP contribution in [0.5, 0.6) is 11.5 Å². The number of nitrogens with two attached hydrogens (primary N) is 1. The fourth-order valence-electron chi connectivity index (χ4n) is 2.41. The van der Waals surface area contributed by atoms with Crippen LogP contribution in [0.1, 0.15) is 16.2 Å². The Hall–Kier alpha value is -3.15. The Bertz CT molecular complexity index is 1080. The molecule has 0 saturated heterocycles. The van der Waals surface area contributed by atoms with E-state index >= 15 is 0 Å². The number of primary amides is 1. The highest BCUT2D eigenvalue weighted by Gasteiger charge is 2.31. The largest absolute Gasteiger partial charge is 0.573 e. The molecule has 0 bridgehead atoms. The summed E-state index contributed by atoms with van der Waals surface area (Å²) in [7, 11) is 0. The molecule has 0 aliphatic heterocycles. The van der Waals surface area contributed by atoms with Crippen molar-refractivity contribution in [3.05, 3.63) is 64.2 Å². The maximum absolute atomic E-state index is 14.2. The van der Waals surface area contributed by atoms with Gasteiger partial charge in [0.15, 0.2) is 22.8 Å². The van der Waals surface area contributed by atoms with Crippen LogP contribution in [-0.4, -0.2) is 17.3 Å². The molecule has 0 spiro atoms. The van der Waals surface area contributed by atoms with Crippen molar-refractivity contribution in [2.75, 3.05) is 0 Å². The molecule has 0 saturated carbocycles. The highest BCUT2D eigenvalue weighted by molar-refractivity contribution is 9.10. The van der Waals surface area contributed by atoms with Crippen LogP contribution in [0.15, 0.2) is 45.5 Å². The number of benzene rings is 2. The van der Waals surface area contributed by atoms with Gasteiger partial charge in [-0.05, 0) is 52.3 Å². The molecule has 0 aliphatic carbocycles. The number of carbonyl (C=O) groups excluding carboxylic acids is 1. The number of hydrogen-bond donors (Lipinski definition) is 1. The lowest BCUT2D eigenvalue weighted by Crippen LogP contribution is -2.16. The van der Waals surface area contributed by atoms with Crippen LogP contribution in [0.25, 0.3) is 11.3 Å². The van der Waals surface area contributed by atoms with Gasteiger partial charge in [0.1, 0.15) is 22.8 Å². The second-order valence-electron chi connectivity index (χ2n) is 5.69. The highest BCUT2D eigenvalue weighted by atomic mass is 79.9. The number of aromatic nitrogens is 1. The maximum Gasteiger partial charge on any atom is 0.573 e. The van der Waals surface area contributed by atoms with Crippen molar-refractivity contribution >= 4 is 21.8 Å². The highest BCUT2D eigenvalue weighted by Crippen LogP contribution is 2.32. The molecular formula is C18H10BrF5N2O4. The summed E-state index contributed by atoms with van der Waals surface area (Å²) in [6.45, 7) is -0.394. The fraction of sp³-hybridized carbons (Fsp3) is 0.111. The summed E-state index contributed by atoms with van der Waals surface area (Å²) < 4.78 is 78.8. The van der Waals surface area contributed by atoms with Gasteiger partial charge in [0.05, 0.1) is 0 Å². The Morgan fingerprint density at radius 2 is 1.80 bits per heavy atom. The van der Waals surface area contributed by atoms with Crippen molar-refractivity contribution < 1.29 is 40.6 Å². The smallest absolute Gasteiger partial charge is 0.481 e. The SMILES string of the molecule is NC(=O)c1c(F)ccc(OCc2nc(-c3ccc(OC(F)(F)F)cc3)c(Br)o2)c1F. The minimum atomic E-state index is -4.81. The second-order valence-corrected chi connectivity index (χ2v) is 6.41. The van der Waals surface area contributed by atoms with Crippen molar-refractivity contribution in [3.8, 4) is 22.8 Å². The first-order valence-electron chi connectivity index (χ1n) is 7.97. The lowest BCUT2D eigenvalue weighted by Gasteiger charge is -2.08. The number of nitrogens with zero attached hydrogens (tertiary/aromatic N) is 1. The summed E-state index contributed by atoms with van der Waals surface area (Å²) in [5, 5.41) is 0.